The number of halogens is 1. The van der Waals surface area contributed by atoms with E-state index in [0.29, 0.717) is 54.1 Å². The molecule has 1 heterocycles. The smallest absolute Gasteiger partial charge is 0.266 e. The van der Waals surface area contributed by atoms with Gasteiger partial charge in [0.1, 0.15) is 17.7 Å². The molecule has 1 N–H and O–H groups in total. The van der Waals surface area contributed by atoms with E-state index in [2.05, 4.69) is 10.2 Å². The minimum atomic E-state index is -0.562. The average Bonchev–Trinajstić information content (AvgIpc) is 2.82. The van der Waals surface area contributed by atoms with E-state index in [1.807, 2.05) is 18.2 Å². The molecule has 0 unspecified atom stereocenters. The minimum absolute atomic E-state index is 0.0920. The van der Waals surface area contributed by atoms with Crippen molar-refractivity contribution in [1.82, 2.24) is 0 Å². The highest BCUT2D eigenvalue weighted by atomic mass is 35.5. The van der Waals surface area contributed by atoms with Crippen LogP contribution >= 0.6 is 11.6 Å². The number of benzene rings is 2. The lowest BCUT2D eigenvalue weighted by molar-refractivity contribution is -0.112. The van der Waals surface area contributed by atoms with E-state index in [1.54, 1.807) is 30.3 Å². The number of hydrogen-bond donors (Lipinski definition) is 1. The number of amides is 1. The minimum Gasteiger partial charge on any atom is -0.493 e. The molecule has 2 aromatic carbocycles. The highest BCUT2D eigenvalue weighted by molar-refractivity contribution is 6.31. The van der Waals surface area contributed by atoms with E-state index < -0.39 is 5.91 Å². The first kappa shape index (κ1) is 23.0. The summed E-state index contributed by atoms with van der Waals surface area (Å²) >= 11 is 6.15. The number of rotatable bonds is 7. The molecule has 1 saturated heterocycles. The van der Waals surface area contributed by atoms with Gasteiger partial charge < -0.3 is 24.4 Å². The summed E-state index contributed by atoms with van der Waals surface area (Å²) in [6, 6.07) is 14.0. The zero-order valence-electron chi connectivity index (χ0n) is 17.4. The summed E-state index contributed by atoms with van der Waals surface area (Å²) in [4.78, 5) is 15.0. The Bertz CT molecular complexity index is 1100. The molecule has 0 bridgehead atoms. The van der Waals surface area contributed by atoms with E-state index >= 15 is 0 Å². The lowest BCUT2D eigenvalue weighted by Gasteiger charge is -2.30. The summed E-state index contributed by atoms with van der Waals surface area (Å²) in [5.41, 5.74) is 1.80. The fraction of sp³-hybridized carbons (Fsp3) is 0.261. The van der Waals surface area contributed by atoms with Crippen molar-refractivity contribution in [2.24, 2.45) is 0 Å². The van der Waals surface area contributed by atoms with Gasteiger partial charge in [0, 0.05) is 18.1 Å². The first-order valence-electron chi connectivity index (χ1n) is 9.79. The zero-order chi connectivity index (χ0) is 22.9. The molecule has 0 spiro atoms. The Morgan fingerprint density at radius 3 is 2.69 bits per heavy atom. The number of ether oxygens (including phenoxy) is 3. The molecule has 1 fully saturated rings. The Labute approximate surface area is 191 Å². The Hall–Kier alpha value is -3.72. The second kappa shape index (κ2) is 11.1. The number of carbonyl (C=O) groups is 1. The number of hydrogen-bond acceptors (Lipinski definition) is 7. The third-order valence-electron chi connectivity index (χ3n) is 4.71. The van der Waals surface area contributed by atoms with E-state index in [-0.39, 0.29) is 12.2 Å². The fourth-order valence-corrected chi connectivity index (χ4v) is 3.37. The average molecular weight is 453 g/mol. The van der Waals surface area contributed by atoms with Crippen molar-refractivity contribution in [1.29, 1.82) is 10.5 Å². The van der Waals surface area contributed by atoms with Crippen molar-refractivity contribution in [2.75, 3.05) is 50.2 Å². The highest BCUT2D eigenvalue weighted by Crippen LogP contribution is 2.31. The Morgan fingerprint density at radius 1 is 1.22 bits per heavy atom. The number of nitrogens with zero attached hydrogens (tertiary/aromatic N) is 3. The van der Waals surface area contributed by atoms with Crippen LogP contribution < -0.4 is 19.7 Å². The molecule has 1 amide bonds. The van der Waals surface area contributed by atoms with Gasteiger partial charge in [-0.15, -0.1) is 0 Å². The number of anilines is 2. The van der Waals surface area contributed by atoms with E-state index in [9.17, 15) is 10.1 Å². The number of methoxy groups -OCH3 is 1. The van der Waals surface area contributed by atoms with Gasteiger partial charge in [-0.3, -0.25) is 4.79 Å². The normalized spacial score (nSPS) is 13.6. The number of morpholine rings is 1. The van der Waals surface area contributed by atoms with Gasteiger partial charge in [-0.1, -0.05) is 17.7 Å². The molecular formula is C23H21ClN4O4. The summed E-state index contributed by atoms with van der Waals surface area (Å²) in [7, 11) is 1.46. The van der Waals surface area contributed by atoms with Crippen LogP contribution in [0.5, 0.6) is 11.5 Å². The van der Waals surface area contributed by atoms with Gasteiger partial charge in [-0.25, -0.2) is 0 Å². The van der Waals surface area contributed by atoms with Crippen LogP contribution in [0.4, 0.5) is 11.4 Å². The lowest BCUT2D eigenvalue weighted by Crippen LogP contribution is -2.36. The van der Waals surface area contributed by atoms with Crippen LogP contribution in [-0.2, 0) is 9.53 Å². The molecule has 3 rings (SSSR count). The zero-order valence-corrected chi connectivity index (χ0v) is 18.2. The van der Waals surface area contributed by atoms with Gasteiger partial charge >= 0.3 is 0 Å². The number of nitriles is 2. The summed E-state index contributed by atoms with van der Waals surface area (Å²) in [5.74, 6) is 0.215. The van der Waals surface area contributed by atoms with Crippen molar-refractivity contribution >= 4 is 35.0 Å². The maximum Gasteiger partial charge on any atom is 0.266 e. The van der Waals surface area contributed by atoms with Crippen molar-refractivity contribution in [3.8, 4) is 23.6 Å². The summed E-state index contributed by atoms with van der Waals surface area (Å²) < 4.78 is 16.0. The molecule has 2 aromatic rings. The number of carbonyl (C=O) groups excluding carboxylic acids is 1. The lowest BCUT2D eigenvalue weighted by atomic mass is 10.1. The molecule has 1 aliphatic heterocycles. The first-order valence-corrected chi connectivity index (χ1v) is 10.2. The predicted octanol–water partition coefficient (Wildman–Crippen LogP) is 3.63. The van der Waals surface area contributed by atoms with Crippen molar-refractivity contribution in [3.63, 3.8) is 0 Å². The molecule has 1 aliphatic rings. The second-order valence-electron chi connectivity index (χ2n) is 6.74. The topological polar surface area (TPSA) is 108 Å². The summed E-state index contributed by atoms with van der Waals surface area (Å²) in [6.45, 7) is 2.43. The Kier molecular flexibility index (Phi) is 7.93. The van der Waals surface area contributed by atoms with Gasteiger partial charge in [0.25, 0.3) is 5.91 Å². The summed E-state index contributed by atoms with van der Waals surface area (Å²) in [6.07, 6.45) is 1.45. The molecule has 9 heteroatoms. The van der Waals surface area contributed by atoms with Crippen molar-refractivity contribution < 1.29 is 19.0 Å². The van der Waals surface area contributed by atoms with Crippen LogP contribution in [0.3, 0.4) is 0 Å². The van der Waals surface area contributed by atoms with Gasteiger partial charge in [0.05, 0.1) is 31.7 Å². The van der Waals surface area contributed by atoms with E-state index in [0.717, 1.165) is 5.69 Å². The fourth-order valence-electron chi connectivity index (χ4n) is 3.20. The predicted molar refractivity (Wildman–Crippen MR) is 121 cm³/mol. The third-order valence-corrected chi connectivity index (χ3v) is 4.95. The largest absolute Gasteiger partial charge is 0.493 e. The van der Waals surface area contributed by atoms with Crippen LogP contribution in [0, 0.1) is 22.7 Å². The summed E-state index contributed by atoms with van der Waals surface area (Å²) in [5, 5.41) is 21.5. The quantitative estimate of drug-likeness (QED) is 0.504. The Morgan fingerprint density at radius 2 is 2.00 bits per heavy atom. The third kappa shape index (κ3) is 5.70. The molecular weight excluding hydrogens is 432 g/mol. The molecule has 8 nitrogen and oxygen atoms in total. The molecule has 32 heavy (non-hydrogen) atoms. The number of nitrogens with one attached hydrogen (secondary N) is 1. The molecule has 0 atom stereocenters. The second-order valence-corrected chi connectivity index (χ2v) is 7.18. The standard InChI is InChI=1S/C23H21ClN4O4/c1-30-22-13-16(2-5-21(22)32-9-6-25)12-17(15-26)23(29)27-19-14-18(24)3-4-20(19)28-7-10-31-11-8-28/h2-5,12-14H,7-11H2,1H3,(H,27,29)/b17-12+. The maximum absolute atomic E-state index is 12.9. The van der Waals surface area contributed by atoms with Crippen molar-refractivity contribution in [3.05, 3.63) is 52.6 Å². The highest BCUT2D eigenvalue weighted by Gasteiger charge is 2.18. The van der Waals surface area contributed by atoms with Crippen LogP contribution in [0.25, 0.3) is 6.08 Å². The SMILES string of the molecule is COc1cc(/C=C(\C#N)C(=O)Nc2cc(Cl)ccc2N2CCOCC2)ccc1OCC#N. The van der Waals surface area contributed by atoms with Crippen molar-refractivity contribution in [2.45, 2.75) is 0 Å². The maximum atomic E-state index is 12.9. The molecule has 0 aliphatic carbocycles. The van der Waals surface area contributed by atoms with Gasteiger partial charge in [-0.05, 0) is 42.0 Å². The molecule has 164 valence electrons. The molecule has 0 saturated carbocycles. The van der Waals surface area contributed by atoms with Gasteiger partial charge in [0.2, 0.25) is 0 Å². The molecule has 0 radical (unpaired) electrons. The first-order chi connectivity index (χ1) is 15.5. The van der Waals surface area contributed by atoms with Crippen LogP contribution in [0.2, 0.25) is 5.02 Å². The van der Waals surface area contributed by atoms with Crippen LogP contribution in [-0.4, -0.2) is 45.9 Å². The van der Waals surface area contributed by atoms with E-state index in [4.69, 9.17) is 31.1 Å². The monoisotopic (exact) mass is 452 g/mol. The van der Waals surface area contributed by atoms with Gasteiger partial charge in [0.15, 0.2) is 18.1 Å². The van der Waals surface area contributed by atoms with Crippen LogP contribution in [0.1, 0.15) is 5.56 Å². The van der Waals surface area contributed by atoms with E-state index in [1.165, 1.54) is 13.2 Å². The molecule has 0 aromatic heterocycles. The van der Waals surface area contributed by atoms with Gasteiger partial charge in [-0.2, -0.15) is 10.5 Å². The Balaban J connectivity index is 1.84. The van der Waals surface area contributed by atoms with Crippen LogP contribution in [0.15, 0.2) is 42.0 Å².